The first-order chi connectivity index (χ1) is 9.78. The van der Waals surface area contributed by atoms with Crippen molar-refractivity contribution in [2.75, 3.05) is 12.4 Å². The summed E-state index contributed by atoms with van der Waals surface area (Å²) < 4.78 is 5.12. The number of hydrogen-bond acceptors (Lipinski definition) is 5. The minimum atomic E-state index is 0.0596. The van der Waals surface area contributed by atoms with Crippen molar-refractivity contribution in [3.05, 3.63) is 48.8 Å². The number of nitrogens with one attached hydrogen (secondary N) is 1. The van der Waals surface area contributed by atoms with Crippen LogP contribution in [0.15, 0.2) is 48.8 Å². The lowest BCUT2D eigenvalue weighted by atomic mass is 10.2. The predicted molar refractivity (Wildman–Crippen MR) is 77.5 cm³/mol. The maximum atomic E-state index is 9.78. The highest BCUT2D eigenvalue weighted by atomic mass is 16.5. The lowest BCUT2D eigenvalue weighted by molar-refractivity contribution is 0.374. The van der Waals surface area contributed by atoms with Crippen molar-refractivity contribution >= 4 is 22.4 Å². The third kappa shape index (κ3) is 2.21. The highest BCUT2D eigenvalue weighted by Gasteiger charge is 2.09. The Balaban J connectivity index is 2.11. The number of aromatic nitrogens is 2. The van der Waals surface area contributed by atoms with E-state index in [1.807, 2.05) is 30.3 Å². The molecular weight excluding hydrogens is 254 g/mol. The molecule has 0 aliphatic rings. The number of rotatable bonds is 3. The van der Waals surface area contributed by atoms with Crippen molar-refractivity contribution < 1.29 is 9.84 Å². The van der Waals surface area contributed by atoms with Gasteiger partial charge in [0.05, 0.1) is 12.6 Å². The van der Waals surface area contributed by atoms with Crippen LogP contribution in [-0.4, -0.2) is 22.2 Å². The van der Waals surface area contributed by atoms with Crippen molar-refractivity contribution in [2.24, 2.45) is 0 Å². The number of anilines is 2. The summed E-state index contributed by atoms with van der Waals surface area (Å²) in [6.45, 7) is 0. The molecule has 0 atom stereocenters. The van der Waals surface area contributed by atoms with Crippen LogP contribution in [-0.2, 0) is 0 Å². The second-order valence-corrected chi connectivity index (χ2v) is 4.25. The topological polar surface area (TPSA) is 67.3 Å². The van der Waals surface area contributed by atoms with Crippen LogP contribution in [0.4, 0.5) is 11.5 Å². The van der Waals surface area contributed by atoms with Crippen molar-refractivity contribution in [1.29, 1.82) is 0 Å². The van der Waals surface area contributed by atoms with Gasteiger partial charge < -0.3 is 15.2 Å². The van der Waals surface area contributed by atoms with E-state index in [9.17, 15) is 5.11 Å². The molecule has 0 fully saturated rings. The number of phenolic OH excluding ortho intramolecular Hbond substituents is 1. The Labute approximate surface area is 115 Å². The fraction of sp³-hybridized carbons (Fsp3) is 0.0667. The molecule has 0 radical (unpaired) electrons. The van der Waals surface area contributed by atoms with Gasteiger partial charge in [-0.1, -0.05) is 18.2 Å². The van der Waals surface area contributed by atoms with Gasteiger partial charge in [0.2, 0.25) is 0 Å². The normalized spacial score (nSPS) is 10.4. The van der Waals surface area contributed by atoms with Crippen molar-refractivity contribution in [2.45, 2.75) is 0 Å². The van der Waals surface area contributed by atoms with E-state index in [4.69, 9.17) is 4.74 Å². The number of aromatic hydroxyl groups is 1. The highest BCUT2D eigenvalue weighted by molar-refractivity contribution is 5.92. The van der Waals surface area contributed by atoms with Crippen LogP contribution in [0.5, 0.6) is 11.5 Å². The summed E-state index contributed by atoms with van der Waals surface area (Å²) in [5, 5.41) is 13.8. The molecule has 0 amide bonds. The average Bonchev–Trinajstić information content (AvgIpc) is 2.48. The van der Waals surface area contributed by atoms with E-state index in [0.717, 1.165) is 11.1 Å². The zero-order valence-electron chi connectivity index (χ0n) is 10.9. The minimum Gasteiger partial charge on any atom is -0.504 e. The number of methoxy groups -OCH3 is 1. The number of ether oxygens (including phenoxy) is 1. The molecular formula is C15H13N3O2. The van der Waals surface area contributed by atoms with Crippen molar-refractivity contribution in [3.8, 4) is 11.5 Å². The summed E-state index contributed by atoms with van der Waals surface area (Å²) in [6, 6.07) is 13.0. The van der Waals surface area contributed by atoms with Crippen LogP contribution in [0.3, 0.4) is 0 Å². The van der Waals surface area contributed by atoms with Crippen LogP contribution >= 0.6 is 0 Å². The second kappa shape index (κ2) is 5.05. The lowest BCUT2D eigenvalue weighted by Crippen LogP contribution is -1.96. The zero-order valence-corrected chi connectivity index (χ0v) is 10.9. The zero-order chi connectivity index (χ0) is 13.9. The lowest BCUT2D eigenvalue weighted by Gasteiger charge is -2.10. The molecule has 1 aromatic heterocycles. The van der Waals surface area contributed by atoms with E-state index in [0.29, 0.717) is 17.1 Å². The van der Waals surface area contributed by atoms with E-state index < -0.39 is 0 Å². The average molecular weight is 267 g/mol. The first-order valence-corrected chi connectivity index (χ1v) is 6.11. The summed E-state index contributed by atoms with van der Waals surface area (Å²) in [4.78, 5) is 8.40. The fourth-order valence-electron chi connectivity index (χ4n) is 1.99. The number of nitrogens with zero attached hydrogens (tertiary/aromatic N) is 2. The summed E-state index contributed by atoms with van der Waals surface area (Å²) >= 11 is 0. The molecule has 0 unspecified atom stereocenters. The highest BCUT2D eigenvalue weighted by Crippen LogP contribution is 2.33. The van der Waals surface area contributed by atoms with Gasteiger partial charge in [-0.25, -0.2) is 9.97 Å². The van der Waals surface area contributed by atoms with Crippen LogP contribution in [0, 0.1) is 0 Å². The van der Waals surface area contributed by atoms with Crippen LogP contribution in [0.1, 0.15) is 0 Å². The molecule has 0 bridgehead atoms. The van der Waals surface area contributed by atoms with E-state index in [-0.39, 0.29) is 5.75 Å². The van der Waals surface area contributed by atoms with E-state index in [1.165, 1.54) is 13.4 Å². The van der Waals surface area contributed by atoms with Crippen molar-refractivity contribution in [3.63, 3.8) is 0 Å². The van der Waals surface area contributed by atoms with Gasteiger partial charge in [-0.2, -0.15) is 0 Å². The number of fused-ring (bicyclic) bond motifs is 1. The molecule has 1 heterocycles. The Kier molecular flexibility index (Phi) is 3.09. The van der Waals surface area contributed by atoms with Gasteiger partial charge >= 0.3 is 0 Å². The number of phenols is 1. The van der Waals surface area contributed by atoms with Crippen molar-refractivity contribution in [1.82, 2.24) is 9.97 Å². The third-order valence-electron chi connectivity index (χ3n) is 2.97. The van der Waals surface area contributed by atoms with E-state index in [1.54, 1.807) is 12.1 Å². The smallest absolute Gasteiger partial charge is 0.161 e. The molecule has 100 valence electrons. The van der Waals surface area contributed by atoms with Crippen LogP contribution < -0.4 is 10.1 Å². The van der Waals surface area contributed by atoms with Gasteiger partial charge in [-0.3, -0.25) is 0 Å². The molecule has 5 nitrogen and oxygen atoms in total. The first-order valence-electron chi connectivity index (χ1n) is 6.11. The first kappa shape index (κ1) is 12.2. The molecule has 2 N–H and O–H groups in total. The number of para-hydroxylation sites is 1. The number of hydrogen-bond donors (Lipinski definition) is 2. The second-order valence-electron chi connectivity index (χ2n) is 4.25. The molecule has 20 heavy (non-hydrogen) atoms. The van der Waals surface area contributed by atoms with Gasteiger partial charge in [0, 0.05) is 17.1 Å². The molecule has 0 saturated carbocycles. The third-order valence-corrected chi connectivity index (χ3v) is 2.97. The standard InChI is InChI=1S/C15H13N3O2/c1-20-14-7-11-12(8-13(14)19)16-9-17-15(11)18-10-5-3-2-4-6-10/h2-9,19H,1H3,(H,16,17,18). The van der Waals surface area contributed by atoms with Gasteiger partial charge in [-0.05, 0) is 18.2 Å². The summed E-state index contributed by atoms with van der Waals surface area (Å²) in [5.41, 5.74) is 1.58. The molecule has 3 rings (SSSR count). The largest absolute Gasteiger partial charge is 0.504 e. The molecule has 0 spiro atoms. The molecule has 5 heteroatoms. The Morgan fingerprint density at radius 3 is 2.65 bits per heavy atom. The summed E-state index contributed by atoms with van der Waals surface area (Å²) in [5.74, 6) is 1.12. The maximum absolute atomic E-state index is 9.78. The quantitative estimate of drug-likeness (QED) is 0.763. The molecule has 0 saturated heterocycles. The Bertz CT molecular complexity index is 745. The van der Waals surface area contributed by atoms with Gasteiger partial charge in [0.1, 0.15) is 12.1 Å². The Morgan fingerprint density at radius 1 is 1.10 bits per heavy atom. The molecule has 3 aromatic rings. The summed E-state index contributed by atoms with van der Waals surface area (Å²) in [7, 11) is 1.51. The number of benzene rings is 2. The summed E-state index contributed by atoms with van der Waals surface area (Å²) in [6.07, 6.45) is 1.46. The molecule has 0 aliphatic heterocycles. The van der Waals surface area contributed by atoms with Gasteiger partial charge in [0.25, 0.3) is 0 Å². The van der Waals surface area contributed by atoms with E-state index >= 15 is 0 Å². The molecule has 2 aromatic carbocycles. The van der Waals surface area contributed by atoms with Crippen LogP contribution in [0.2, 0.25) is 0 Å². The monoisotopic (exact) mass is 267 g/mol. The predicted octanol–water partition coefficient (Wildman–Crippen LogP) is 3.09. The Hall–Kier alpha value is -2.82. The van der Waals surface area contributed by atoms with Gasteiger partial charge in [-0.15, -0.1) is 0 Å². The Morgan fingerprint density at radius 2 is 1.90 bits per heavy atom. The SMILES string of the molecule is COc1cc2c(Nc3ccccc3)ncnc2cc1O. The van der Waals surface area contributed by atoms with E-state index in [2.05, 4.69) is 15.3 Å². The minimum absolute atomic E-state index is 0.0596. The van der Waals surface area contributed by atoms with Gasteiger partial charge in [0.15, 0.2) is 11.5 Å². The maximum Gasteiger partial charge on any atom is 0.161 e. The molecule has 0 aliphatic carbocycles. The fourth-order valence-corrected chi connectivity index (χ4v) is 1.99. The van der Waals surface area contributed by atoms with Crippen LogP contribution in [0.25, 0.3) is 10.9 Å².